The van der Waals surface area contributed by atoms with Crippen LogP contribution >= 0.6 is 11.6 Å². The van der Waals surface area contributed by atoms with Crippen molar-refractivity contribution in [3.05, 3.63) is 58.0 Å². The molecule has 2 aromatic rings. The molecule has 1 N–H and O–H groups in total. The van der Waals surface area contributed by atoms with Gasteiger partial charge in [0.25, 0.3) is 0 Å². The minimum Gasteiger partial charge on any atom is -0.466 e. The highest BCUT2D eigenvalue weighted by Gasteiger charge is 2.16. The molecule has 0 saturated heterocycles. The predicted molar refractivity (Wildman–Crippen MR) is 63.7 cm³/mol. The van der Waals surface area contributed by atoms with E-state index >= 15 is 0 Å². The standard InChI is InChI=1S/C13H13ClO2/c1-8-3-4-10(7-11(8)14)12(15)13-9(2)5-6-16-13/h3-7,12,15H,1-2H3. The molecule has 0 aliphatic heterocycles. The molecule has 3 heteroatoms. The van der Waals surface area contributed by atoms with Crippen LogP contribution in [-0.2, 0) is 0 Å². The van der Waals surface area contributed by atoms with Crippen LogP contribution in [0.2, 0.25) is 5.02 Å². The molecule has 0 fully saturated rings. The summed E-state index contributed by atoms with van der Waals surface area (Å²) in [5.74, 6) is 0.569. The minimum atomic E-state index is -0.756. The minimum absolute atomic E-state index is 0.569. The Morgan fingerprint density at radius 3 is 2.50 bits per heavy atom. The molecule has 0 spiro atoms. The molecule has 0 aliphatic rings. The van der Waals surface area contributed by atoms with E-state index in [0.717, 1.165) is 16.7 Å². The van der Waals surface area contributed by atoms with E-state index in [1.165, 1.54) is 0 Å². The average molecular weight is 237 g/mol. The largest absolute Gasteiger partial charge is 0.466 e. The Bertz CT molecular complexity index is 502. The molecule has 2 nitrogen and oxygen atoms in total. The smallest absolute Gasteiger partial charge is 0.139 e. The van der Waals surface area contributed by atoms with Gasteiger partial charge in [0.05, 0.1) is 6.26 Å². The van der Waals surface area contributed by atoms with Crippen LogP contribution in [0.25, 0.3) is 0 Å². The molecule has 0 aliphatic carbocycles. The third-order valence-electron chi connectivity index (χ3n) is 2.66. The van der Waals surface area contributed by atoms with E-state index in [1.54, 1.807) is 12.3 Å². The molecule has 0 saturated carbocycles. The predicted octanol–water partition coefficient (Wildman–Crippen LogP) is 3.63. The monoisotopic (exact) mass is 236 g/mol. The van der Waals surface area contributed by atoms with Gasteiger partial charge in [-0.1, -0.05) is 23.7 Å². The lowest BCUT2D eigenvalue weighted by atomic mass is 10.0. The van der Waals surface area contributed by atoms with Crippen molar-refractivity contribution in [1.82, 2.24) is 0 Å². The van der Waals surface area contributed by atoms with E-state index in [9.17, 15) is 5.11 Å². The van der Waals surface area contributed by atoms with Crippen LogP contribution in [0.5, 0.6) is 0 Å². The third-order valence-corrected chi connectivity index (χ3v) is 3.07. The Balaban J connectivity index is 2.38. The number of aliphatic hydroxyl groups excluding tert-OH is 1. The van der Waals surface area contributed by atoms with Gasteiger partial charge in [-0.25, -0.2) is 0 Å². The molecule has 84 valence electrons. The highest BCUT2D eigenvalue weighted by atomic mass is 35.5. The van der Waals surface area contributed by atoms with Gasteiger partial charge < -0.3 is 9.52 Å². The molecule has 16 heavy (non-hydrogen) atoms. The molecule has 0 bridgehead atoms. The van der Waals surface area contributed by atoms with E-state index < -0.39 is 6.10 Å². The lowest BCUT2D eigenvalue weighted by molar-refractivity contribution is 0.188. The first kappa shape index (κ1) is 11.2. The molecule has 1 atom stereocenters. The van der Waals surface area contributed by atoms with E-state index in [0.29, 0.717) is 10.8 Å². The van der Waals surface area contributed by atoms with Crippen LogP contribution in [0.3, 0.4) is 0 Å². The van der Waals surface area contributed by atoms with Crippen LogP contribution in [0.1, 0.15) is 28.6 Å². The van der Waals surface area contributed by atoms with Gasteiger partial charge in [0, 0.05) is 5.02 Å². The second-order valence-corrected chi connectivity index (χ2v) is 4.29. The summed E-state index contributed by atoms with van der Waals surface area (Å²) in [5, 5.41) is 10.8. The first-order valence-corrected chi connectivity index (χ1v) is 5.45. The zero-order valence-electron chi connectivity index (χ0n) is 9.20. The number of benzene rings is 1. The van der Waals surface area contributed by atoms with Crippen LogP contribution in [-0.4, -0.2) is 5.11 Å². The van der Waals surface area contributed by atoms with Crippen molar-refractivity contribution in [2.45, 2.75) is 20.0 Å². The fourth-order valence-electron chi connectivity index (χ4n) is 1.60. The Kier molecular flexibility index (Phi) is 3.03. The highest BCUT2D eigenvalue weighted by molar-refractivity contribution is 6.31. The normalized spacial score (nSPS) is 12.8. The van der Waals surface area contributed by atoms with Crippen LogP contribution in [0.15, 0.2) is 34.9 Å². The number of hydrogen-bond donors (Lipinski definition) is 1. The van der Waals surface area contributed by atoms with E-state index in [4.69, 9.17) is 16.0 Å². The van der Waals surface area contributed by atoms with Gasteiger partial charge in [-0.15, -0.1) is 0 Å². The van der Waals surface area contributed by atoms with Crippen molar-refractivity contribution >= 4 is 11.6 Å². The Labute approximate surface area is 99.5 Å². The van der Waals surface area contributed by atoms with Crippen LogP contribution < -0.4 is 0 Å². The maximum Gasteiger partial charge on any atom is 0.139 e. The number of aliphatic hydroxyl groups is 1. The summed E-state index contributed by atoms with van der Waals surface area (Å²) in [7, 11) is 0. The fourth-order valence-corrected chi connectivity index (χ4v) is 1.78. The molecule has 0 radical (unpaired) electrons. The highest BCUT2D eigenvalue weighted by Crippen LogP contribution is 2.28. The lowest BCUT2D eigenvalue weighted by Crippen LogP contribution is -2.00. The number of rotatable bonds is 2. The van der Waals surface area contributed by atoms with Crippen molar-refractivity contribution in [3.8, 4) is 0 Å². The summed E-state index contributed by atoms with van der Waals surface area (Å²) < 4.78 is 5.26. The quantitative estimate of drug-likeness (QED) is 0.864. The van der Waals surface area contributed by atoms with Gasteiger partial charge in [-0.3, -0.25) is 0 Å². The maximum absolute atomic E-state index is 10.1. The summed E-state index contributed by atoms with van der Waals surface area (Å²) >= 11 is 6.02. The number of hydrogen-bond acceptors (Lipinski definition) is 2. The van der Waals surface area contributed by atoms with Gasteiger partial charge >= 0.3 is 0 Å². The lowest BCUT2D eigenvalue weighted by Gasteiger charge is -2.10. The van der Waals surface area contributed by atoms with E-state index in [-0.39, 0.29) is 0 Å². The molecule has 0 amide bonds. The van der Waals surface area contributed by atoms with E-state index in [1.807, 2.05) is 32.0 Å². The maximum atomic E-state index is 10.1. The number of halogens is 1. The van der Waals surface area contributed by atoms with Crippen LogP contribution in [0, 0.1) is 13.8 Å². The SMILES string of the molecule is Cc1ccc(C(O)c2occc2C)cc1Cl. The Hall–Kier alpha value is -1.25. The summed E-state index contributed by atoms with van der Waals surface area (Å²) in [4.78, 5) is 0. The third kappa shape index (κ3) is 1.99. The van der Waals surface area contributed by atoms with E-state index in [2.05, 4.69) is 0 Å². The summed E-state index contributed by atoms with van der Waals surface area (Å²) in [6.45, 7) is 3.83. The molecular weight excluding hydrogens is 224 g/mol. The van der Waals surface area contributed by atoms with Crippen molar-refractivity contribution in [3.63, 3.8) is 0 Å². The first-order chi connectivity index (χ1) is 7.59. The fraction of sp³-hybridized carbons (Fsp3) is 0.231. The number of furan rings is 1. The van der Waals surface area contributed by atoms with Crippen molar-refractivity contribution in [1.29, 1.82) is 0 Å². The van der Waals surface area contributed by atoms with Gasteiger partial charge in [0.15, 0.2) is 0 Å². The second-order valence-electron chi connectivity index (χ2n) is 3.88. The van der Waals surface area contributed by atoms with Crippen molar-refractivity contribution in [2.24, 2.45) is 0 Å². The van der Waals surface area contributed by atoms with Crippen LogP contribution in [0.4, 0.5) is 0 Å². The zero-order chi connectivity index (χ0) is 11.7. The Morgan fingerprint density at radius 2 is 1.94 bits per heavy atom. The average Bonchev–Trinajstić information content (AvgIpc) is 2.67. The molecule has 1 aromatic heterocycles. The number of aryl methyl sites for hydroxylation is 2. The molecule has 2 rings (SSSR count). The summed E-state index contributed by atoms with van der Waals surface area (Å²) in [5.41, 5.74) is 2.67. The molecule has 1 heterocycles. The Morgan fingerprint density at radius 1 is 1.19 bits per heavy atom. The van der Waals surface area contributed by atoms with Gasteiger partial charge in [0.2, 0.25) is 0 Å². The second kappa shape index (κ2) is 4.32. The van der Waals surface area contributed by atoms with Gasteiger partial charge in [-0.05, 0) is 42.7 Å². The summed E-state index contributed by atoms with van der Waals surface area (Å²) in [6.07, 6.45) is 0.817. The molecular formula is C13H13ClO2. The topological polar surface area (TPSA) is 33.4 Å². The molecule has 1 aromatic carbocycles. The van der Waals surface area contributed by atoms with Gasteiger partial charge in [0.1, 0.15) is 11.9 Å². The van der Waals surface area contributed by atoms with Gasteiger partial charge in [-0.2, -0.15) is 0 Å². The van der Waals surface area contributed by atoms with Crippen molar-refractivity contribution in [2.75, 3.05) is 0 Å². The summed E-state index contributed by atoms with van der Waals surface area (Å²) in [6, 6.07) is 7.34. The molecule has 1 unspecified atom stereocenters. The first-order valence-electron chi connectivity index (χ1n) is 5.07. The zero-order valence-corrected chi connectivity index (χ0v) is 9.95. The van der Waals surface area contributed by atoms with Crippen molar-refractivity contribution < 1.29 is 9.52 Å².